The van der Waals surface area contributed by atoms with Gasteiger partial charge in [0.15, 0.2) is 11.9 Å². The van der Waals surface area contributed by atoms with Gasteiger partial charge in [0.1, 0.15) is 5.82 Å². The first-order valence-corrected chi connectivity index (χ1v) is 13.7. The van der Waals surface area contributed by atoms with E-state index in [1.165, 1.54) is 34.5 Å². The lowest BCUT2D eigenvalue weighted by Crippen LogP contribution is -2.35. The summed E-state index contributed by atoms with van der Waals surface area (Å²) in [6, 6.07) is 5.25. The van der Waals surface area contributed by atoms with Crippen molar-refractivity contribution in [2.24, 2.45) is 5.92 Å². The molecule has 220 valence electrons. The Hall–Kier alpha value is -4.28. The summed E-state index contributed by atoms with van der Waals surface area (Å²) in [6.45, 7) is 6.40. The van der Waals surface area contributed by atoms with Gasteiger partial charge in [-0.25, -0.2) is 14.8 Å². The Morgan fingerprint density at radius 3 is 2.51 bits per heavy atom. The molecule has 11 heteroatoms. The first-order valence-electron chi connectivity index (χ1n) is 13.7. The average molecular weight is 565 g/mol. The molecule has 0 aromatic carbocycles. The zero-order valence-corrected chi connectivity index (χ0v) is 24.9. The number of likely N-dealkylation sites (N-methyl/N-ethyl adjacent to an activating group) is 1. The highest BCUT2D eigenvalue weighted by molar-refractivity contribution is 5.88. The molecule has 3 rings (SSSR count). The number of hydrogen-bond donors (Lipinski definition) is 1. The van der Waals surface area contributed by atoms with E-state index in [0.717, 1.165) is 28.8 Å². The topological polar surface area (TPSA) is 130 Å². The van der Waals surface area contributed by atoms with Crippen LogP contribution in [0.1, 0.15) is 49.5 Å². The normalized spacial score (nSPS) is 12.2. The number of aromatic nitrogens is 4. The molecule has 1 atom stereocenters. The van der Waals surface area contributed by atoms with Gasteiger partial charge in [0.2, 0.25) is 5.91 Å². The van der Waals surface area contributed by atoms with Gasteiger partial charge in [0, 0.05) is 52.1 Å². The second-order valence-corrected chi connectivity index (χ2v) is 11.0. The van der Waals surface area contributed by atoms with E-state index < -0.39 is 18.0 Å². The number of ketones is 1. The molecule has 0 unspecified atom stereocenters. The number of Topliss-reactive ketones (excluding diaryl/α,β-unsaturated/α-hetero) is 1. The highest BCUT2D eigenvalue weighted by Crippen LogP contribution is 2.20. The van der Waals surface area contributed by atoms with Crippen LogP contribution in [0.25, 0.3) is 11.0 Å². The third-order valence-electron chi connectivity index (χ3n) is 6.39. The number of aromatic amines is 1. The van der Waals surface area contributed by atoms with Crippen molar-refractivity contribution in [1.82, 2.24) is 29.3 Å². The van der Waals surface area contributed by atoms with Crippen molar-refractivity contribution in [2.75, 3.05) is 28.2 Å². The number of hydrogen-bond acceptors (Lipinski definition) is 7. The van der Waals surface area contributed by atoms with Gasteiger partial charge in [0.05, 0.1) is 23.3 Å². The first-order chi connectivity index (χ1) is 19.3. The third-order valence-corrected chi connectivity index (χ3v) is 6.39. The molecule has 1 N–H and O–H groups in total. The molecule has 0 saturated carbocycles. The zero-order chi connectivity index (χ0) is 30.3. The maximum atomic E-state index is 13.3. The fourth-order valence-corrected chi connectivity index (χ4v) is 4.30. The van der Waals surface area contributed by atoms with Gasteiger partial charge in [-0.05, 0) is 50.3 Å². The molecule has 2 amide bonds. The van der Waals surface area contributed by atoms with Crippen LogP contribution in [0.3, 0.4) is 0 Å². The minimum Gasteiger partial charge on any atom is -0.438 e. The van der Waals surface area contributed by atoms with Gasteiger partial charge in [0.25, 0.3) is 5.56 Å². The van der Waals surface area contributed by atoms with Gasteiger partial charge in [-0.1, -0.05) is 26.0 Å². The fourth-order valence-electron chi connectivity index (χ4n) is 4.30. The predicted molar refractivity (Wildman–Crippen MR) is 157 cm³/mol. The molecule has 0 radical (unpaired) electrons. The van der Waals surface area contributed by atoms with Crippen molar-refractivity contribution in [1.29, 1.82) is 0 Å². The van der Waals surface area contributed by atoms with Crippen LogP contribution in [-0.2, 0) is 33.7 Å². The van der Waals surface area contributed by atoms with Crippen LogP contribution >= 0.6 is 0 Å². The smallest absolute Gasteiger partial charge is 0.409 e. The average Bonchev–Trinajstić information content (AvgIpc) is 3.29. The van der Waals surface area contributed by atoms with Crippen molar-refractivity contribution >= 4 is 28.8 Å². The summed E-state index contributed by atoms with van der Waals surface area (Å²) in [5.41, 5.74) is 3.40. The fraction of sp³-hybridized carbons (Fsp3) is 0.467. The molecule has 0 aliphatic heterocycles. The van der Waals surface area contributed by atoms with Crippen molar-refractivity contribution in [3.05, 3.63) is 69.7 Å². The summed E-state index contributed by atoms with van der Waals surface area (Å²) in [7, 11) is 6.33. The van der Waals surface area contributed by atoms with E-state index in [4.69, 9.17) is 4.74 Å². The summed E-state index contributed by atoms with van der Waals surface area (Å²) < 4.78 is 6.96. The van der Waals surface area contributed by atoms with Crippen LogP contribution in [0.2, 0.25) is 0 Å². The number of carbonyl (C=O) groups is 3. The summed E-state index contributed by atoms with van der Waals surface area (Å²) in [4.78, 5) is 65.8. The molecule has 41 heavy (non-hydrogen) atoms. The Morgan fingerprint density at radius 2 is 1.85 bits per heavy atom. The lowest BCUT2D eigenvalue weighted by molar-refractivity contribution is -0.127. The van der Waals surface area contributed by atoms with Crippen molar-refractivity contribution in [3.63, 3.8) is 0 Å². The number of carbonyl (C=O) groups excluding carboxylic acids is 3. The SMILES string of the molecule is Cc1nc(CC(C)C)c2[nH]c(Cn3cccc(CC(=O)[C@H](CC/C=C/C(=O)N(C)C)OC(=O)N(C)C)c3=O)cc2n1. The highest BCUT2D eigenvalue weighted by Gasteiger charge is 2.24. The van der Waals surface area contributed by atoms with Crippen LogP contribution in [0.5, 0.6) is 0 Å². The Kier molecular flexibility index (Phi) is 10.6. The monoisotopic (exact) mass is 564 g/mol. The molecule has 3 heterocycles. The number of allylic oxidation sites excluding steroid dienone is 1. The van der Waals surface area contributed by atoms with Gasteiger partial charge < -0.3 is 24.1 Å². The molecule has 0 aliphatic carbocycles. The second-order valence-electron chi connectivity index (χ2n) is 11.0. The van der Waals surface area contributed by atoms with Crippen molar-refractivity contribution < 1.29 is 19.1 Å². The quantitative estimate of drug-likeness (QED) is 0.334. The van der Waals surface area contributed by atoms with Crippen LogP contribution in [0, 0.1) is 12.8 Å². The van der Waals surface area contributed by atoms with Crippen molar-refractivity contribution in [3.8, 4) is 0 Å². The van der Waals surface area contributed by atoms with Crippen LogP contribution in [-0.4, -0.2) is 81.4 Å². The van der Waals surface area contributed by atoms with Gasteiger partial charge in [-0.2, -0.15) is 0 Å². The van der Waals surface area contributed by atoms with E-state index in [1.807, 2.05) is 13.0 Å². The number of ether oxygens (including phenoxy) is 1. The number of nitrogens with zero attached hydrogens (tertiary/aromatic N) is 5. The molecule has 3 aromatic heterocycles. The lowest BCUT2D eigenvalue weighted by Gasteiger charge is -2.19. The molecule has 0 fully saturated rings. The maximum Gasteiger partial charge on any atom is 0.409 e. The number of rotatable bonds is 12. The van der Waals surface area contributed by atoms with Crippen LogP contribution < -0.4 is 5.56 Å². The Balaban J connectivity index is 1.79. The summed E-state index contributed by atoms with van der Waals surface area (Å²) in [5.74, 6) is 0.544. The molecule has 11 nitrogen and oxygen atoms in total. The van der Waals surface area contributed by atoms with Crippen LogP contribution in [0.4, 0.5) is 4.79 Å². The van der Waals surface area contributed by atoms with E-state index in [0.29, 0.717) is 23.7 Å². The van der Waals surface area contributed by atoms with Gasteiger partial charge in [-0.15, -0.1) is 0 Å². The molecule has 3 aromatic rings. The first kappa shape index (κ1) is 31.3. The number of fused-ring (bicyclic) bond motifs is 1. The lowest BCUT2D eigenvalue weighted by atomic mass is 10.0. The molecule has 0 spiro atoms. The minimum absolute atomic E-state index is 0.184. The molecular weight excluding hydrogens is 524 g/mol. The minimum atomic E-state index is -1.06. The van der Waals surface area contributed by atoms with E-state index in [9.17, 15) is 19.2 Å². The van der Waals surface area contributed by atoms with Crippen molar-refractivity contribution in [2.45, 2.75) is 59.1 Å². The highest BCUT2D eigenvalue weighted by atomic mass is 16.6. The largest absolute Gasteiger partial charge is 0.438 e. The maximum absolute atomic E-state index is 13.3. The number of H-pyrrole nitrogens is 1. The molecule has 0 bridgehead atoms. The second kappa shape index (κ2) is 13.9. The standard InChI is InChI=1S/C30H40N6O5/c1-19(2)15-23-28-24(32-20(3)31-23)17-22(33-28)18-36-14-10-11-21(29(36)39)16-25(37)26(41-30(40)35(6)7)12-8-9-13-27(38)34(4)5/h9-11,13-14,17,19,26,33H,8,12,15-16,18H2,1-7H3/b13-9+/t26-/m0/s1. The Labute approximate surface area is 240 Å². The number of aryl methyl sites for hydroxylation is 1. The third kappa shape index (κ3) is 8.60. The number of pyridine rings is 1. The number of nitrogens with one attached hydrogen (secondary N) is 1. The van der Waals surface area contributed by atoms with Gasteiger partial charge >= 0.3 is 6.09 Å². The number of amides is 2. The molecular formula is C30H40N6O5. The van der Waals surface area contributed by atoms with E-state index in [1.54, 1.807) is 38.5 Å². The Bertz CT molecular complexity index is 1480. The zero-order valence-electron chi connectivity index (χ0n) is 24.9. The predicted octanol–water partition coefficient (Wildman–Crippen LogP) is 3.28. The van der Waals surface area contributed by atoms with E-state index in [2.05, 4.69) is 28.8 Å². The summed E-state index contributed by atoms with van der Waals surface area (Å²) in [5, 5.41) is 0. The van der Waals surface area contributed by atoms with E-state index >= 15 is 0 Å². The summed E-state index contributed by atoms with van der Waals surface area (Å²) in [6.07, 6.45) is 4.14. The van der Waals surface area contributed by atoms with Gasteiger partial charge in [-0.3, -0.25) is 14.4 Å². The Morgan fingerprint density at radius 1 is 1.12 bits per heavy atom. The van der Waals surface area contributed by atoms with E-state index in [-0.39, 0.29) is 30.9 Å². The molecule has 0 saturated heterocycles. The van der Waals surface area contributed by atoms with Crippen LogP contribution in [0.15, 0.2) is 41.3 Å². The summed E-state index contributed by atoms with van der Waals surface area (Å²) >= 11 is 0. The molecule has 0 aliphatic rings.